The molecule has 0 aromatic rings. The van der Waals surface area contributed by atoms with Crippen molar-refractivity contribution in [3.05, 3.63) is 12.2 Å². The number of amides is 1. The summed E-state index contributed by atoms with van der Waals surface area (Å²) < 4.78 is 0. The Kier molecular flexibility index (Phi) is 3.95. The lowest BCUT2D eigenvalue weighted by Crippen LogP contribution is -2.25. The first-order valence-electron chi connectivity index (χ1n) is 3.21. The van der Waals surface area contributed by atoms with Crippen LogP contribution in [0.1, 0.15) is 13.8 Å². The number of carbonyl (C=O) groups excluding carboxylic acids is 2. The van der Waals surface area contributed by atoms with Gasteiger partial charge in [0.25, 0.3) is 0 Å². The molecule has 62 valence electrons. The number of hydrogen-bond acceptors (Lipinski definition) is 3. The summed E-state index contributed by atoms with van der Waals surface area (Å²) in [5, 5.41) is 0.900. The van der Waals surface area contributed by atoms with Crippen LogP contribution in [0, 0.1) is 0 Å². The molecule has 0 bridgehead atoms. The number of carbonyl (C=O) groups is 2. The Morgan fingerprint density at radius 3 is 2.55 bits per heavy atom. The van der Waals surface area contributed by atoms with E-state index < -0.39 is 5.97 Å². The first-order chi connectivity index (χ1) is 5.11. The molecule has 4 nitrogen and oxygen atoms in total. The van der Waals surface area contributed by atoms with Crippen molar-refractivity contribution in [2.45, 2.75) is 13.8 Å². The fraction of sp³-hybridized carbons (Fsp3) is 0.429. The lowest BCUT2D eigenvalue weighted by Gasteiger charge is -2.12. The molecule has 0 aliphatic heterocycles. The van der Waals surface area contributed by atoms with Crippen molar-refractivity contribution >= 4 is 12.4 Å². The average molecular weight is 157 g/mol. The van der Waals surface area contributed by atoms with Gasteiger partial charge in [-0.25, -0.2) is 4.79 Å². The van der Waals surface area contributed by atoms with E-state index in [0.29, 0.717) is 13.0 Å². The van der Waals surface area contributed by atoms with E-state index in [1.54, 1.807) is 6.92 Å². The molecule has 11 heavy (non-hydrogen) atoms. The maximum absolute atomic E-state index is 10.7. The van der Waals surface area contributed by atoms with Crippen LogP contribution in [0.3, 0.4) is 0 Å². The van der Waals surface area contributed by atoms with Gasteiger partial charge in [-0.15, -0.1) is 0 Å². The van der Waals surface area contributed by atoms with E-state index in [1.807, 2.05) is 0 Å². The summed E-state index contributed by atoms with van der Waals surface area (Å²) in [6, 6.07) is 0. The quantitative estimate of drug-likeness (QED) is 0.339. The second-order valence-corrected chi connectivity index (χ2v) is 2.00. The summed E-state index contributed by atoms with van der Waals surface area (Å²) in [6.45, 7) is 6.90. The lowest BCUT2D eigenvalue weighted by molar-refractivity contribution is -0.185. The second kappa shape index (κ2) is 4.49. The summed E-state index contributed by atoms with van der Waals surface area (Å²) in [5.74, 6) is -0.584. The van der Waals surface area contributed by atoms with Crippen LogP contribution < -0.4 is 0 Å². The van der Waals surface area contributed by atoms with Crippen LogP contribution in [0.4, 0.5) is 0 Å². The SMILES string of the molecule is C=C(C)C(=O)ON(C=O)CC. The van der Waals surface area contributed by atoms with E-state index >= 15 is 0 Å². The Hall–Kier alpha value is -1.32. The third kappa shape index (κ3) is 3.40. The van der Waals surface area contributed by atoms with Gasteiger partial charge < -0.3 is 4.84 Å². The van der Waals surface area contributed by atoms with Crippen molar-refractivity contribution in [2.24, 2.45) is 0 Å². The molecule has 0 heterocycles. The smallest absolute Gasteiger partial charge is 0.333 e. The molecule has 0 rings (SSSR count). The highest BCUT2D eigenvalue weighted by Gasteiger charge is 2.07. The molecule has 0 aliphatic rings. The molecular weight excluding hydrogens is 146 g/mol. The molecular formula is C7H11NO3. The van der Waals surface area contributed by atoms with Crippen LogP contribution in [0.2, 0.25) is 0 Å². The lowest BCUT2D eigenvalue weighted by atomic mass is 10.4. The van der Waals surface area contributed by atoms with Gasteiger partial charge in [-0.05, 0) is 13.8 Å². The Balaban J connectivity index is 3.91. The normalized spacial score (nSPS) is 8.55. The van der Waals surface area contributed by atoms with Crippen LogP contribution in [-0.2, 0) is 14.4 Å². The molecule has 0 spiro atoms. The van der Waals surface area contributed by atoms with E-state index in [1.165, 1.54) is 6.92 Å². The van der Waals surface area contributed by atoms with E-state index in [9.17, 15) is 9.59 Å². The van der Waals surface area contributed by atoms with Crippen molar-refractivity contribution in [3.8, 4) is 0 Å². The maximum Gasteiger partial charge on any atom is 0.358 e. The number of nitrogens with zero attached hydrogens (tertiary/aromatic N) is 1. The van der Waals surface area contributed by atoms with Gasteiger partial charge in [0.1, 0.15) is 0 Å². The van der Waals surface area contributed by atoms with Gasteiger partial charge in [-0.3, -0.25) is 4.79 Å². The minimum atomic E-state index is -0.584. The second-order valence-electron chi connectivity index (χ2n) is 2.00. The highest BCUT2D eigenvalue weighted by molar-refractivity contribution is 5.87. The first kappa shape index (κ1) is 9.68. The van der Waals surface area contributed by atoms with Gasteiger partial charge in [0, 0.05) is 5.57 Å². The van der Waals surface area contributed by atoms with E-state index in [-0.39, 0.29) is 5.57 Å². The highest BCUT2D eigenvalue weighted by atomic mass is 16.7. The highest BCUT2D eigenvalue weighted by Crippen LogP contribution is 1.94. The molecule has 0 radical (unpaired) electrons. The summed E-state index contributed by atoms with van der Waals surface area (Å²) in [6.07, 6.45) is 0.445. The van der Waals surface area contributed by atoms with Gasteiger partial charge in [-0.1, -0.05) is 6.58 Å². The van der Waals surface area contributed by atoms with Gasteiger partial charge in [0.2, 0.25) is 6.41 Å². The third-order valence-corrected chi connectivity index (χ3v) is 0.978. The molecule has 0 aliphatic carbocycles. The topological polar surface area (TPSA) is 46.6 Å². The van der Waals surface area contributed by atoms with Crippen molar-refractivity contribution in [1.82, 2.24) is 5.06 Å². The summed E-state index contributed by atoms with van der Waals surface area (Å²) >= 11 is 0. The van der Waals surface area contributed by atoms with Crippen molar-refractivity contribution in [3.63, 3.8) is 0 Å². The summed E-state index contributed by atoms with van der Waals surface area (Å²) in [7, 11) is 0. The molecule has 0 N–H and O–H groups in total. The van der Waals surface area contributed by atoms with Crippen molar-refractivity contribution < 1.29 is 14.4 Å². The fourth-order valence-corrected chi connectivity index (χ4v) is 0.345. The number of rotatable bonds is 4. The predicted octanol–water partition coefficient (Wildman–Crippen LogP) is 0.499. The van der Waals surface area contributed by atoms with Crippen molar-refractivity contribution in [2.75, 3.05) is 6.54 Å². The molecule has 1 amide bonds. The molecule has 0 atom stereocenters. The van der Waals surface area contributed by atoms with Crippen LogP contribution in [0.15, 0.2) is 12.2 Å². The molecule has 0 saturated carbocycles. The van der Waals surface area contributed by atoms with E-state index in [4.69, 9.17) is 0 Å². The molecule has 0 fully saturated rings. The molecule has 0 saturated heterocycles. The fourth-order valence-electron chi connectivity index (χ4n) is 0.345. The Morgan fingerprint density at radius 1 is 1.73 bits per heavy atom. The van der Waals surface area contributed by atoms with Gasteiger partial charge >= 0.3 is 5.97 Å². The largest absolute Gasteiger partial charge is 0.358 e. The predicted molar refractivity (Wildman–Crippen MR) is 39.4 cm³/mol. The van der Waals surface area contributed by atoms with Crippen LogP contribution >= 0.6 is 0 Å². The van der Waals surface area contributed by atoms with E-state index in [0.717, 1.165) is 5.06 Å². The zero-order chi connectivity index (χ0) is 8.85. The van der Waals surface area contributed by atoms with Crippen LogP contribution in [-0.4, -0.2) is 24.0 Å². The first-order valence-corrected chi connectivity index (χ1v) is 3.21. The molecule has 0 aromatic heterocycles. The van der Waals surface area contributed by atoms with E-state index in [2.05, 4.69) is 11.4 Å². The average Bonchev–Trinajstić information content (AvgIpc) is 1.99. The van der Waals surface area contributed by atoms with Gasteiger partial charge in [0.15, 0.2) is 0 Å². The molecule has 4 heteroatoms. The standard InChI is InChI=1S/C7H11NO3/c1-4-8(5-9)11-7(10)6(2)3/h5H,2,4H2,1,3H3. The number of hydrogen-bond donors (Lipinski definition) is 0. The van der Waals surface area contributed by atoms with Crippen LogP contribution in [0.25, 0.3) is 0 Å². The monoisotopic (exact) mass is 157 g/mol. The van der Waals surface area contributed by atoms with Crippen molar-refractivity contribution in [1.29, 1.82) is 0 Å². The Morgan fingerprint density at radius 2 is 2.27 bits per heavy atom. The number of hydroxylamine groups is 2. The Labute approximate surface area is 65.4 Å². The van der Waals surface area contributed by atoms with Gasteiger partial charge in [0.05, 0.1) is 6.54 Å². The summed E-state index contributed by atoms with van der Waals surface area (Å²) in [5.41, 5.74) is 0.269. The minimum Gasteiger partial charge on any atom is -0.333 e. The molecule has 0 unspecified atom stereocenters. The third-order valence-electron chi connectivity index (χ3n) is 0.978. The minimum absolute atomic E-state index is 0.269. The van der Waals surface area contributed by atoms with Gasteiger partial charge in [-0.2, -0.15) is 5.06 Å². The zero-order valence-electron chi connectivity index (χ0n) is 6.66. The zero-order valence-corrected chi connectivity index (χ0v) is 6.66. The Bertz CT molecular complexity index is 177. The summed E-state index contributed by atoms with van der Waals surface area (Å²) in [4.78, 5) is 25.4. The molecule has 0 aromatic carbocycles. The maximum atomic E-state index is 10.7. The van der Waals surface area contributed by atoms with Crippen LogP contribution in [0.5, 0.6) is 0 Å².